The van der Waals surface area contributed by atoms with Crippen LogP contribution in [0.15, 0.2) is 17.6 Å². The van der Waals surface area contributed by atoms with Crippen LogP contribution in [0.4, 0.5) is 4.39 Å². The number of halogens is 1. The van der Waals surface area contributed by atoms with Gasteiger partial charge in [0.25, 0.3) is 0 Å². The molecule has 71 valence electrons. The van der Waals surface area contributed by atoms with Gasteiger partial charge in [-0.15, -0.1) is 0 Å². The summed E-state index contributed by atoms with van der Waals surface area (Å²) in [6.07, 6.45) is 8.14. The molecule has 2 nitrogen and oxygen atoms in total. The number of nitrogens with one attached hydrogen (secondary N) is 1. The molecule has 3 heteroatoms. The van der Waals surface area contributed by atoms with Crippen LogP contribution in [0.3, 0.4) is 0 Å². The lowest BCUT2D eigenvalue weighted by Gasteiger charge is -2.29. The summed E-state index contributed by atoms with van der Waals surface area (Å²) < 4.78 is 13.4. The molecule has 1 aliphatic carbocycles. The molecule has 13 heavy (non-hydrogen) atoms. The minimum atomic E-state index is -0.442. The molecule has 1 aliphatic heterocycles. The van der Waals surface area contributed by atoms with Gasteiger partial charge in [0.2, 0.25) is 0 Å². The maximum Gasteiger partial charge on any atom is 0.144 e. The molecule has 0 aromatic rings. The Hall–Kier alpha value is -0.830. The monoisotopic (exact) mass is 181 g/mol. The Morgan fingerprint density at radius 3 is 2.77 bits per heavy atom. The zero-order chi connectivity index (χ0) is 9.31. The van der Waals surface area contributed by atoms with E-state index in [9.17, 15) is 4.39 Å². The Morgan fingerprint density at radius 2 is 2.15 bits per heavy atom. The standard InChI is InChI=1S/C10H14FN2/c11-8-4-3-7-13-9(8)10(12)5-1-2-6-10/h4,13H,1-2,5-7,12H2. The van der Waals surface area contributed by atoms with Crippen molar-refractivity contribution in [2.75, 3.05) is 6.54 Å². The van der Waals surface area contributed by atoms with Crippen molar-refractivity contribution in [3.63, 3.8) is 0 Å². The van der Waals surface area contributed by atoms with Crippen LogP contribution in [0.2, 0.25) is 0 Å². The fourth-order valence-electron chi connectivity index (χ4n) is 2.11. The molecule has 0 amide bonds. The lowest BCUT2D eigenvalue weighted by Crippen LogP contribution is -2.45. The van der Waals surface area contributed by atoms with E-state index in [1.165, 1.54) is 6.08 Å². The molecule has 0 saturated heterocycles. The summed E-state index contributed by atoms with van der Waals surface area (Å²) >= 11 is 0. The van der Waals surface area contributed by atoms with Crippen molar-refractivity contribution in [3.8, 4) is 0 Å². The van der Waals surface area contributed by atoms with Crippen molar-refractivity contribution in [2.24, 2.45) is 5.73 Å². The molecule has 0 aromatic heterocycles. The van der Waals surface area contributed by atoms with Gasteiger partial charge in [-0.05, 0) is 25.0 Å². The summed E-state index contributed by atoms with van der Waals surface area (Å²) in [6.45, 7) is 0.571. The molecule has 0 unspecified atom stereocenters. The SMILES string of the molecule is NC1(C2=C(F)C=[C]CN2)CCCC1. The van der Waals surface area contributed by atoms with Crippen LogP contribution in [-0.2, 0) is 0 Å². The number of nitrogens with two attached hydrogens (primary N) is 1. The second-order valence-electron chi connectivity index (χ2n) is 3.79. The van der Waals surface area contributed by atoms with E-state index in [1.54, 1.807) is 0 Å². The van der Waals surface area contributed by atoms with Crippen LogP contribution in [0, 0.1) is 6.08 Å². The fourth-order valence-corrected chi connectivity index (χ4v) is 2.11. The second kappa shape index (κ2) is 3.14. The first kappa shape index (κ1) is 8.75. The first-order valence-corrected chi connectivity index (χ1v) is 4.72. The molecule has 0 bridgehead atoms. The van der Waals surface area contributed by atoms with Crippen molar-refractivity contribution in [3.05, 3.63) is 23.7 Å². The summed E-state index contributed by atoms with van der Waals surface area (Å²) in [5.74, 6) is -0.240. The van der Waals surface area contributed by atoms with E-state index in [0.717, 1.165) is 25.7 Å². The summed E-state index contributed by atoms with van der Waals surface area (Å²) in [7, 11) is 0. The lowest BCUT2D eigenvalue weighted by molar-refractivity contribution is 0.453. The zero-order valence-corrected chi connectivity index (χ0v) is 7.57. The third-order valence-electron chi connectivity index (χ3n) is 2.83. The summed E-state index contributed by atoms with van der Waals surface area (Å²) in [5, 5.41) is 2.99. The topological polar surface area (TPSA) is 38.0 Å². The maximum atomic E-state index is 13.4. The number of rotatable bonds is 1. The molecular formula is C10H14FN2. The van der Waals surface area contributed by atoms with Crippen LogP contribution < -0.4 is 11.1 Å². The predicted molar refractivity (Wildman–Crippen MR) is 49.3 cm³/mol. The number of allylic oxidation sites excluding steroid dienone is 2. The van der Waals surface area contributed by atoms with Gasteiger partial charge in [0.1, 0.15) is 5.83 Å². The molecule has 1 saturated carbocycles. The normalized spacial score (nSPS) is 26.3. The van der Waals surface area contributed by atoms with E-state index in [4.69, 9.17) is 5.73 Å². The van der Waals surface area contributed by atoms with Crippen LogP contribution in [0.5, 0.6) is 0 Å². The molecule has 1 fully saturated rings. The average molecular weight is 181 g/mol. The van der Waals surface area contributed by atoms with Gasteiger partial charge in [0.05, 0.1) is 11.2 Å². The zero-order valence-electron chi connectivity index (χ0n) is 7.57. The van der Waals surface area contributed by atoms with Gasteiger partial charge < -0.3 is 11.1 Å². The fraction of sp³-hybridized carbons (Fsp3) is 0.600. The first-order chi connectivity index (χ1) is 6.22. The van der Waals surface area contributed by atoms with Gasteiger partial charge in [0.15, 0.2) is 0 Å². The van der Waals surface area contributed by atoms with E-state index in [1.807, 2.05) is 0 Å². The highest BCUT2D eigenvalue weighted by Gasteiger charge is 2.35. The van der Waals surface area contributed by atoms with Crippen LogP contribution in [-0.4, -0.2) is 12.1 Å². The number of hydrogen-bond acceptors (Lipinski definition) is 2. The van der Waals surface area contributed by atoms with Crippen molar-refractivity contribution in [1.82, 2.24) is 5.32 Å². The molecule has 0 aromatic carbocycles. The predicted octanol–water partition coefficient (Wildman–Crippen LogP) is 1.40. The second-order valence-corrected chi connectivity index (χ2v) is 3.79. The molecule has 3 N–H and O–H groups in total. The Kier molecular flexibility index (Phi) is 2.12. The smallest absolute Gasteiger partial charge is 0.144 e. The van der Waals surface area contributed by atoms with Crippen molar-refractivity contribution in [1.29, 1.82) is 0 Å². The van der Waals surface area contributed by atoms with Gasteiger partial charge in [-0.25, -0.2) is 4.39 Å². The van der Waals surface area contributed by atoms with Crippen LogP contribution >= 0.6 is 0 Å². The Labute approximate surface area is 77.7 Å². The quantitative estimate of drug-likeness (QED) is 0.641. The largest absolute Gasteiger partial charge is 0.380 e. The summed E-state index contributed by atoms with van der Waals surface area (Å²) in [4.78, 5) is 0. The van der Waals surface area contributed by atoms with Crippen LogP contribution in [0.25, 0.3) is 0 Å². The third-order valence-corrected chi connectivity index (χ3v) is 2.83. The van der Waals surface area contributed by atoms with Crippen molar-refractivity contribution in [2.45, 2.75) is 31.2 Å². The number of hydrogen-bond donors (Lipinski definition) is 2. The minimum absolute atomic E-state index is 0.240. The van der Waals surface area contributed by atoms with E-state index in [0.29, 0.717) is 12.2 Å². The van der Waals surface area contributed by atoms with Gasteiger partial charge in [-0.1, -0.05) is 12.8 Å². The summed E-state index contributed by atoms with van der Waals surface area (Å²) in [6, 6.07) is 0. The molecule has 0 atom stereocenters. The Morgan fingerprint density at radius 1 is 1.46 bits per heavy atom. The van der Waals surface area contributed by atoms with E-state index < -0.39 is 5.54 Å². The minimum Gasteiger partial charge on any atom is -0.380 e. The maximum absolute atomic E-state index is 13.4. The Bertz CT molecular complexity index is 262. The van der Waals surface area contributed by atoms with Gasteiger partial charge in [-0.2, -0.15) is 0 Å². The van der Waals surface area contributed by atoms with Gasteiger partial charge >= 0.3 is 0 Å². The third kappa shape index (κ3) is 1.48. The molecule has 2 rings (SSSR count). The van der Waals surface area contributed by atoms with Gasteiger partial charge in [0, 0.05) is 6.54 Å². The highest BCUT2D eigenvalue weighted by atomic mass is 19.1. The average Bonchev–Trinajstić information content (AvgIpc) is 2.54. The molecule has 1 radical (unpaired) electrons. The van der Waals surface area contributed by atoms with E-state index >= 15 is 0 Å². The van der Waals surface area contributed by atoms with Crippen molar-refractivity contribution < 1.29 is 4.39 Å². The highest BCUT2D eigenvalue weighted by molar-refractivity contribution is 5.30. The highest BCUT2D eigenvalue weighted by Crippen LogP contribution is 2.34. The van der Waals surface area contributed by atoms with Crippen molar-refractivity contribution >= 4 is 0 Å². The molecular weight excluding hydrogens is 167 g/mol. The summed E-state index contributed by atoms with van der Waals surface area (Å²) in [5.41, 5.74) is 6.26. The lowest BCUT2D eigenvalue weighted by atomic mass is 9.92. The first-order valence-electron chi connectivity index (χ1n) is 4.72. The Balaban J connectivity index is 2.27. The number of dihydropyridines is 1. The van der Waals surface area contributed by atoms with Gasteiger partial charge in [-0.3, -0.25) is 0 Å². The molecule has 2 aliphatic rings. The molecule has 0 spiro atoms. The van der Waals surface area contributed by atoms with E-state index in [-0.39, 0.29) is 5.83 Å². The van der Waals surface area contributed by atoms with E-state index in [2.05, 4.69) is 11.4 Å². The van der Waals surface area contributed by atoms with Crippen LogP contribution in [0.1, 0.15) is 25.7 Å². The molecule has 1 heterocycles.